The molecule has 0 amide bonds. The maximum absolute atomic E-state index is 15.2. The molecule has 3 aromatic rings. The lowest BCUT2D eigenvalue weighted by atomic mass is 10.1. The first-order valence-electron chi connectivity index (χ1n) is 8.66. The lowest BCUT2D eigenvalue weighted by Gasteiger charge is -2.19. The molecular weight excluding hydrogens is 477 g/mol. The first-order chi connectivity index (χ1) is 14.6. The minimum absolute atomic E-state index is 0.151. The average Bonchev–Trinajstić information content (AvgIpc) is 2.95. The molecule has 0 N–H and O–H groups in total. The molecular formula is C18H12F9N3OS. The van der Waals surface area contributed by atoms with E-state index in [-0.39, 0.29) is 23.7 Å². The summed E-state index contributed by atoms with van der Waals surface area (Å²) in [6, 6.07) is 0.783. The topological polar surface area (TPSA) is 47.8 Å². The summed E-state index contributed by atoms with van der Waals surface area (Å²) in [5.74, 6) is -6.82. The second-order valence-corrected chi connectivity index (χ2v) is 8.30. The van der Waals surface area contributed by atoms with E-state index in [0.717, 1.165) is 11.6 Å². The molecule has 0 saturated carbocycles. The van der Waals surface area contributed by atoms with Crippen molar-refractivity contribution in [3.05, 3.63) is 41.5 Å². The van der Waals surface area contributed by atoms with Gasteiger partial charge in [0.25, 0.3) is 0 Å². The molecule has 0 bridgehead atoms. The molecule has 0 saturated heterocycles. The molecule has 3 heterocycles. The van der Waals surface area contributed by atoms with E-state index in [1.54, 1.807) is 0 Å². The number of hydrogen-bond acceptors (Lipinski definition) is 3. The van der Waals surface area contributed by atoms with Crippen molar-refractivity contribution in [2.75, 3.05) is 5.75 Å². The highest BCUT2D eigenvalue weighted by atomic mass is 32.2. The number of hydrogen-bond donors (Lipinski definition) is 0. The Labute approximate surface area is 176 Å². The van der Waals surface area contributed by atoms with Crippen molar-refractivity contribution in [2.45, 2.75) is 30.1 Å². The summed E-state index contributed by atoms with van der Waals surface area (Å²) >= 11 is 0. The second kappa shape index (κ2) is 7.74. The van der Waals surface area contributed by atoms with Gasteiger partial charge in [-0.05, 0) is 12.1 Å². The normalized spacial score (nSPS) is 14.2. The smallest absolute Gasteiger partial charge is 0.325 e. The zero-order valence-electron chi connectivity index (χ0n) is 16.1. The summed E-state index contributed by atoms with van der Waals surface area (Å²) in [7, 11) is -0.888. The number of alkyl halides is 8. The summed E-state index contributed by atoms with van der Waals surface area (Å²) in [6.07, 6.45) is -10.2. The van der Waals surface area contributed by atoms with Crippen LogP contribution in [0.4, 0.5) is 39.5 Å². The van der Waals surface area contributed by atoms with Crippen LogP contribution < -0.4 is 0 Å². The summed E-state index contributed by atoms with van der Waals surface area (Å²) < 4.78 is 133. The molecule has 1 unspecified atom stereocenters. The van der Waals surface area contributed by atoms with Crippen molar-refractivity contribution in [2.24, 2.45) is 7.05 Å². The van der Waals surface area contributed by atoms with Gasteiger partial charge in [0, 0.05) is 30.8 Å². The van der Waals surface area contributed by atoms with E-state index in [1.807, 2.05) is 0 Å². The van der Waals surface area contributed by atoms with E-state index in [9.17, 15) is 39.3 Å². The molecule has 0 aliphatic rings. The molecule has 0 aliphatic carbocycles. The van der Waals surface area contributed by atoms with Crippen molar-refractivity contribution in [3.8, 4) is 11.4 Å². The van der Waals surface area contributed by atoms with Crippen LogP contribution in [0.25, 0.3) is 22.4 Å². The quantitative estimate of drug-likeness (QED) is 0.450. The van der Waals surface area contributed by atoms with Crippen molar-refractivity contribution >= 4 is 21.8 Å². The molecule has 0 spiro atoms. The highest BCUT2D eigenvalue weighted by molar-refractivity contribution is 7.85. The minimum Gasteiger partial charge on any atom is -0.325 e. The second-order valence-electron chi connectivity index (χ2n) is 6.59. The Morgan fingerprint density at radius 2 is 1.56 bits per heavy atom. The predicted octanol–water partition coefficient (Wildman–Crippen LogP) is 5.57. The zero-order valence-corrected chi connectivity index (χ0v) is 16.9. The fraction of sp³-hybridized carbons (Fsp3) is 0.333. The number of aromatic nitrogens is 3. The fourth-order valence-electron chi connectivity index (χ4n) is 2.97. The first-order valence-corrected chi connectivity index (χ1v) is 9.98. The largest absolute Gasteiger partial charge is 0.458 e. The lowest BCUT2D eigenvalue weighted by Crippen LogP contribution is -2.33. The van der Waals surface area contributed by atoms with Crippen LogP contribution in [0.5, 0.6) is 0 Å². The Bertz CT molecular complexity index is 1220. The first kappa shape index (κ1) is 24.0. The van der Waals surface area contributed by atoms with Gasteiger partial charge in [-0.25, -0.2) is 9.37 Å². The summed E-state index contributed by atoms with van der Waals surface area (Å²) in [5.41, 5.74) is -4.28. The Morgan fingerprint density at radius 3 is 2.09 bits per heavy atom. The number of fused-ring (bicyclic) bond motifs is 1. The van der Waals surface area contributed by atoms with Gasteiger partial charge in [-0.1, -0.05) is 6.92 Å². The number of aryl methyl sites for hydroxylation is 1. The SMILES string of the molecule is CCS(=O)c1cc(C(F)(F)F)cnc1-c1c(F)c2cc(C(F)(F)C(F)(F)F)cnc2n1C. The summed E-state index contributed by atoms with van der Waals surface area (Å²) in [6.45, 7) is 1.39. The number of pyridine rings is 2. The van der Waals surface area contributed by atoms with Crippen LogP contribution in [0.1, 0.15) is 18.1 Å². The molecule has 0 aromatic carbocycles. The summed E-state index contributed by atoms with van der Waals surface area (Å²) in [4.78, 5) is 6.58. The number of halogens is 9. The molecule has 0 fully saturated rings. The van der Waals surface area contributed by atoms with E-state index >= 15 is 4.39 Å². The monoisotopic (exact) mass is 489 g/mol. The van der Waals surface area contributed by atoms with Crippen molar-refractivity contribution in [1.82, 2.24) is 14.5 Å². The van der Waals surface area contributed by atoms with Crippen molar-refractivity contribution in [1.29, 1.82) is 0 Å². The number of rotatable bonds is 4. The van der Waals surface area contributed by atoms with Crippen molar-refractivity contribution in [3.63, 3.8) is 0 Å². The Kier molecular flexibility index (Phi) is 5.81. The van der Waals surface area contributed by atoms with E-state index in [0.29, 0.717) is 12.3 Å². The molecule has 32 heavy (non-hydrogen) atoms. The van der Waals surface area contributed by atoms with Gasteiger partial charge in [-0.15, -0.1) is 0 Å². The highest BCUT2D eigenvalue weighted by Gasteiger charge is 2.59. The predicted molar refractivity (Wildman–Crippen MR) is 95.8 cm³/mol. The van der Waals surface area contributed by atoms with Crippen LogP contribution >= 0.6 is 0 Å². The van der Waals surface area contributed by atoms with E-state index in [4.69, 9.17) is 0 Å². The van der Waals surface area contributed by atoms with Crippen LogP contribution in [0.3, 0.4) is 0 Å². The van der Waals surface area contributed by atoms with Crippen LogP contribution in [-0.4, -0.2) is 30.7 Å². The van der Waals surface area contributed by atoms with Crippen molar-refractivity contribution < 1.29 is 43.7 Å². The third-order valence-electron chi connectivity index (χ3n) is 4.59. The third kappa shape index (κ3) is 3.84. The van der Waals surface area contributed by atoms with Crippen LogP contribution in [0.2, 0.25) is 0 Å². The van der Waals surface area contributed by atoms with E-state index in [1.165, 1.54) is 6.92 Å². The minimum atomic E-state index is -5.96. The Hall–Kier alpha value is -2.64. The molecule has 0 aliphatic heterocycles. The van der Waals surface area contributed by atoms with E-state index in [2.05, 4.69) is 9.97 Å². The van der Waals surface area contributed by atoms with Gasteiger partial charge in [-0.2, -0.15) is 35.1 Å². The van der Waals surface area contributed by atoms with Gasteiger partial charge >= 0.3 is 18.3 Å². The molecule has 14 heteroatoms. The van der Waals surface area contributed by atoms with Gasteiger partial charge in [0.15, 0.2) is 5.82 Å². The van der Waals surface area contributed by atoms with Crippen LogP contribution in [0, 0.1) is 5.82 Å². The Balaban J connectivity index is 2.30. The number of nitrogens with zero attached hydrogens (tertiary/aromatic N) is 3. The zero-order chi connectivity index (χ0) is 24.2. The van der Waals surface area contributed by atoms with Crippen LogP contribution in [0.15, 0.2) is 29.4 Å². The van der Waals surface area contributed by atoms with Crippen LogP contribution in [-0.2, 0) is 29.9 Å². The molecule has 174 valence electrons. The Morgan fingerprint density at radius 1 is 0.969 bits per heavy atom. The van der Waals surface area contributed by atoms with Gasteiger partial charge < -0.3 is 4.57 Å². The average molecular weight is 489 g/mol. The standard InChI is InChI=1S/C18H12F9N3OS/c1-3-32(31)11-5-9(17(22,23)24)7-28-13(11)14-12(19)10-4-8(6-29-15(10)30(14)2)16(20,21)18(25,26)27/h4-7H,3H2,1-2H3. The fourth-order valence-corrected chi connectivity index (χ4v) is 3.91. The maximum atomic E-state index is 15.2. The maximum Gasteiger partial charge on any atom is 0.458 e. The highest BCUT2D eigenvalue weighted by Crippen LogP contribution is 2.45. The summed E-state index contributed by atoms with van der Waals surface area (Å²) in [5, 5.41) is -0.737. The van der Waals surface area contributed by atoms with Gasteiger partial charge in [0.05, 0.1) is 26.6 Å². The molecule has 4 nitrogen and oxygen atoms in total. The molecule has 0 radical (unpaired) electrons. The van der Waals surface area contributed by atoms with Gasteiger partial charge in [0.1, 0.15) is 17.0 Å². The van der Waals surface area contributed by atoms with Gasteiger partial charge in [0.2, 0.25) is 0 Å². The third-order valence-corrected chi connectivity index (χ3v) is 5.92. The lowest BCUT2D eigenvalue weighted by molar-refractivity contribution is -0.289. The van der Waals surface area contributed by atoms with E-state index < -0.39 is 67.7 Å². The van der Waals surface area contributed by atoms with Gasteiger partial charge in [-0.3, -0.25) is 9.19 Å². The molecule has 3 aromatic heterocycles. The molecule has 3 rings (SSSR count). The molecule has 1 atom stereocenters.